The minimum absolute atomic E-state index is 0.0164. The summed E-state index contributed by atoms with van der Waals surface area (Å²) in [5.74, 6) is -0.222. The molecule has 1 aliphatic carbocycles. The van der Waals surface area contributed by atoms with Gasteiger partial charge in [0.05, 0.1) is 5.92 Å². The number of hydrogen-bond donors (Lipinski definition) is 1. The van der Waals surface area contributed by atoms with Crippen molar-refractivity contribution in [1.29, 1.82) is 0 Å². The molecule has 2 aliphatic rings. The fourth-order valence-corrected chi connectivity index (χ4v) is 5.04. The molecule has 2 fully saturated rings. The molecule has 24 heavy (non-hydrogen) atoms. The van der Waals surface area contributed by atoms with Crippen LogP contribution in [0.2, 0.25) is 0 Å². The van der Waals surface area contributed by atoms with Gasteiger partial charge in [0.15, 0.2) is 0 Å². The van der Waals surface area contributed by atoms with Crippen molar-refractivity contribution in [2.24, 2.45) is 11.7 Å². The molecule has 1 aliphatic heterocycles. The highest BCUT2D eigenvalue weighted by molar-refractivity contribution is 7.86. The first-order chi connectivity index (χ1) is 11.2. The molecular weight excluding hydrogens is 328 g/mol. The van der Waals surface area contributed by atoms with E-state index in [0.717, 1.165) is 25.7 Å². The van der Waals surface area contributed by atoms with Crippen LogP contribution in [0.1, 0.15) is 46.0 Å². The SMILES string of the molecule is CC(N)C(C)C(=O)N1CCN(S(=O)(=O)N(C)C2CCCCC2)CC1. The Kier molecular flexibility index (Phi) is 6.64. The molecule has 0 aromatic rings. The first-order valence-corrected chi connectivity index (χ1v) is 10.4. The van der Waals surface area contributed by atoms with Gasteiger partial charge in [-0.15, -0.1) is 0 Å². The van der Waals surface area contributed by atoms with E-state index < -0.39 is 10.2 Å². The predicted octanol–water partition coefficient (Wildman–Crippen LogP) is 0.623. The average molecular weight is 361 g/mol. The summed E-state index contributed by atoms with van der Waals surface area (Å²) in [6.45, 7) is 5.24. The molecule has 1 saturated carbocycles. The molecule has 2 atom stereocenters. The van der Waals surface area contributed by atoms with E-state index in [-0.39, 0.29) is 23.9 Å². The van der Waals surface area contributed by atoms with Crippen LogP contribution in [0.25, 0.3) is 0 Å². The second kappa shape index (κ2) is 8.12. The lowest BCUT2D eigenvalue weighted by Gasteiger charge is -2.39. The van der Waals surface area contributed by atoms with Gasteiger partial charge in [0.1, 0.15) is 0 Å². The molecule has 1 saturated heterocycles. The quantitative estimate of drug-likeness (QED) is 0.779. The molecule has 140 valence electrons. The minimum Gasteiger partial charge on any atom is -0.340 e. The smallest absolute Gasteiger partial charge is 0.282 e. The number of piperazine rings is 1. The Hall–Kier alpha value is -0.700. The summed E-state index contributed by atoms with van der Waals surface area (Å²) in [7, 11) is -1.75. The third kappa shape index (κ3) is 4.28. The summed E-state index contributed by atoms with van der Waals surface area (Å²) < 4.78 is 28.7. The van der Waals surface area contributed by atoms with Crippen LogP contribution in [0.4, 0.5) is 0 Å². The Morgan fingerprint density at radius 1 is 1.08 bits per heavy atom. The van der Waals surface area contributed by atoms with E-state index in [1.165, 1.54) is 10.7 Å². The first kappa shape index (κ1) is 19.6. The summed E-state index contributed by atoms with van der Waals surface area (Å²) >= 11 is 0. The summed E-state index contributed by atoms with van der Waals surface area (Å²) in [6.07, 6.45) is 5.28. The molecule has 8 heteroatoms. The van der Waals surface area contributed by atoms with Gasteiger partial charge < -0.3 is 10.6 Å². The monoisotopic (exact) mass is 360 g/mol. The molecule has 2 rings (SSSR count). The number of rotatable bonds is 5. The highest BCUT2D eigenvalue weighted by atomic mass is 32.2. The zero-order valence-corrected chi connectivity index (χ0v) is 16.0. The number of carbonyl (C=O) groups excluding carboxylic acids is 1. The summed E-state index contributed by atoms with van der Waals surface area (Å²) in [6, 6.07) is -0.0850. The molecule has 1 heterocycles. The second-order valence-electron chi connectivity index (χ2n) is 7.19. The zero-order valence-electron chi connectivity index (χ0n) is 15.1. The maximum Gasteiger partial charge on any atom is 0.282 e. The van der Waals surface area contributed by atoms with Gasteiger partial charge in [-0.3, -0.25) is 4.79 Å². The largest absolute Gasteiger partial charge is 0.340 e. The number of nitrogens with zero attached hydrogens (tertiary/aromatic N) is 3. The van der Waals surface area contributed by atoms with Crippen molar-refractivity contribution in [3.05, 3.63) is 0 Å². The van der Waals surface area contributed by atoms with Crippen LogP contribution in [0.3, 0.4) is 0 Å². The molecule has 0 aromatic heterocycles. The van der Waals surface area contributed by atoms with Gasteiger partial charge in [-0.1, -0.05) is 26.2 Å². The van der Waals surface area contributed by atoms with Crippen LogP contribution in [-0.4, -0.2) is 73.1 Å². The second-order valence-corrected chi connectivity index (χ2v) is 9.18. The lowest BCUT2D eigenvalue weighted by molar-refractivity contribution is -0.136. The van der Waals surface area contributed by atoms with E-state index >= 15 is 0 Å². The Morgan fingerprint density at radius 3 is 2.12 bits per heavy atom. The molecule has 1 amide bonds. The van der Waals surface area contributed by atoms with Gasteiger partial charge in [0.25, 0.3) is 10.2 Å². The van der Waals surface area contributed by atoms with E-state index in [4.69, 9.17) is 5.73 Å². The fourth-order valence-electron chi connectivity index (χ4n) is 3.47. The van der Waals surface area contributed by atoms with Crippen molar-refractivity contribution in [2.45, 2.75) is 58.0 Å². The number of hydrogen-bond acceptors (Lipinski definition) is 4. The highest BCUT2D eigenvalue weighted by Crippen LogP contribution is 2.25. The van der Waals surface area contributed by atoms with Gasteiger partial charge in [-0.05, 0) is 19.8 Å². The normalized spacial score (nSPS) is 24.1. The van der Waals surface area contributed by atoms with Crippen LogP contribution < -0.4 is 5.73 Å². The molecule has 2 unspecified atom stereocenters. The maximum atomic E-state index is 12.8. The Labute approximate surface area is 146 Å². The minimum atomic E-state index is -3.44. The Morgan fingerprint density at radius 2 is 1.62 bits per heavy atom. The summed E-state index contributed by atoms with van der Waals surface area (Å²) in [4.78, 5) is 14.1. The Balaban J connectivity index is 1.94. The van der Waals surface area contributed by atoms with Crippen molar-refractivity contribution >= 4 is 16.1 Å². The maximum absolute atomic E-state index is 12.8. The zero-order chi connectivity index (χ0) is 17.9. The highest BCUT2D eigenvalue weighted by Gasteiger charge is 2.36. The van der Waals surface area contributed by atoms with Crippen LogP contribution in [-0.2, 0) is 15.0 Å². The topological polar surface area (TPSA) is 87.0 Å². The van der Waals surface area contributed by atoms with Gasteiger partial charge in [-0.2, -0.15) is 17.0 Å². The predicted molar refractivity (Wildman–Crippen MR) is 94.5 cm³/mol. The molecule has 0 spiro atoms. The van der Waals surface area contributed by atoms with Crippen molar-refractivity contribution in [3.8, 4) is 0 Å². The number of carbonyl (C=O) groups is 1. The summed E-state index contributed by atoms with van der Waals surface area (Å²) in [5.41, 5.74) is 5.80. The molecule has 0 radical (unpaired) electrons. The fraction of sp³-hybridized carbons (Fsp3) is 0.938. The van der Waals surface area contributed by atoms with Crippen LogP contribution in [0.5, 0.6) is 0 Å². The number of amides is 1. The molecular formula is C16H32N4O3S. The van der Waals surface area contributed by atoms with E-state index in [1.54, 1.807) is 16.3 Å². The third-order valence-electron chi connectivity index (χ3n) is 5.51. The van der Waals surface area contributed by atoms with Gasteiger partial charge in [-0.25, -0.2) is 0 Å². The molecule has 7 nitrogen and oxygen atoms in total. The first-order valence-electron chi connectivity index (χ1n) is 9.02. The third-order valence-corrected chi connectivity index (χ3v) is 7.55. The van der Waals surface area contributed by atoms with Gasteiger partial charge >= 0.3 is 0 Å². The van der Waals surface area contributed by atoms with Crippen LogP contribution in [0.15, 0.2) is 0 Å². The Bertz CT molecular complexity index is 523. The van der Waals surface area contributed by atoms with Crippen molar-refractivity contribution in [1.82, 2.24) is 13.5 Å². The van der Waals surface area contributed by atoms with Crippen molar-refractivity contribution in [2.75, 3.05) is 33.2 Å². The lowest BCUT2D eigenvalue weighted by atomic mass is 9.96. The van der Waals surface area contributed by atoms with Gasteiger partial charge in [0.2, 0.25) is 5.91 Å². The van der Waals surface area contributed by atoms with E-state index in [2.05, 4.69) is 0 Å². The van der Waals surface area contributed by atoms with Gasteiger partial charge in [0, 0.05) is 45.3 Å². The van der Waals surface area contributed by atoms with E-state index in [1.807, 2.05) is 13.8 Å². The van der Waals surface area contributed by atoms with Crippen LogP contribution >= 0.6 is 0 Å². The summed E-state index contributed by atoms with van der Waals surface area (Å²) in [5, 5.41) is 0. The van der Waals surface area contributed by atoms with E-state index in [9.17, 15) is 13.2 Å². The van der Waals surface area contributed by atoms with E-state index in [0.29, 0.717) is 26.2 Å². The average Bonchev–Trinajstić information content (AvgIpc) is 2.60. The van der Waals surface area contributed by atoms with Crippen LogP contribution in [0, 0.1) is 5.92 Å². The van der Waals surface area contributed by atoms with Crippen molar-refractivity contribution in [3.63, 3.8) is 0 Å². The van der Waals surface area contributed by atoms with Crippen molar-refractivity contribution < 1.29 is 13.2 Å². The lowest BCUT2D eigenvalue weighted by Crippen LogP contribution is -2.56. The number of nitrogens with two attached hydrogens (primary N) is 1. The molecule has 0 aromatic carbocycles. The molecule has 2 N–H and O–H groups in total. The molecule has 0 bridgehead atoms. The standard InChI is InChI=1S/C16H32N4O3S/c1-13(14(2)17)16(21)19-9-11-20(12-10-19)24(22,23)18(3)15-7-5-4-6-8-15/h13-15H,4-12,17H2,1-3H3.